The predicted molar refractivity (Wildman–Crippen MR) is 93.7 cm³/mol. The molecule has 2 aliphatic rings. The Hall–Kier alpha value is -1.63. The van der Waals surface area contributed by atoms with E-state index < -0.39 is 0 Å². The smallest absolute Gasteiger partial charge is 0.233 e. The molecule has 3 heterocycles. The summed E-state index contributed by atoms with van der Waals surface area (Å²) in [5.74, 6) is 1.43. The highest BCUT2D eigenvalue weighted by atomic mass is 32.2. The number of hydrogen-bond acceptors (Lipinski definition) is 5. The molecule has 2 unspecified atom stereocenters. The van der Waals surface area contributed by atoms with Gasteiger partial charge in [0.05, 0.1) is 17.3 Å². The standard InChI is InChI=1S/C17H23N5OS/c1-21-16-13(9-20-21)17(19-11-18-16)24-10-15(23)22-8-4-6-12-5-2-3-7-14(12)22/h9,11-12,14H,2-8,10H2,1H3. The number of rotatable bonds is 3. The minimum atomic E-state index is 0.257. The summed E-state index contributed by atoms with van der Waals surface area (Å²) in [4.78, 5) is 23.6. The largest absolute Gasteiger partial charge is 0.339 e. The van der Waals surface area contributed by atoms with Gasteiger partial charge in [-0.1, -0.05) is 24.6 Å². The number of aryl methyl sites for hydroxylation is 1. The maximum absolute atomic E-state index is 12.8. The van der Waals surface area contributed by atoms with Crippen molar-refractivity contribution in [3.63, 3.8) is 0 Å². The molecule has 0 aromatic carbocycles. The number of aromatic nitrogens is 4. The molecule has 1 saturated carbocycles. The van der Waals surface area contributed by atoms with E-state index >= 15 is 0 Å². The molecule has 2 aromatic heterocycles. The molecule has 0 spiro atoms. The van der Waals surface area contributed by atoms with Crippen molar-refractivity contribution in [1.29, 1.82) is 0 Å². The third-order valence-electron chi connectivity index (χ3n) is 5.39. The summed E-state index contributed by atoms with van der Waals surface area (Å²) in [5, 5.41) is 6.00. The van der Waals surface area contributed by atoms with Gasteiger partial charge in [-0.2, -0.15) is 5.10 Å². The van der Waals surface area contributed by atoms with E-state index in [0.717, 1.165) is 34.9 Å². The van der Waals surface area contributed by atoms with E-state index in [4.69, 9.17) is 0 Å². The molecule has 1 aliphatic carbocycles. The third kappa shape index (κ3) is 2.90. The fourth-order valence-corrected chi connectivity index (χ4v) is 5.05. The normalized spacial score (nSPS) is 24.1. The van der Waals surface area contributed by atoms with Gasteiger partial charge in [0, 0.05) is 19.6 Å². The summed E-state index contributed by atoms with van der Waals surface area (Å²) in [5.41, 5.74) is 0.810. The van der Waals surface area contributed by atoms with Gasteiger partial charge in [-0.15, -0.1) is 0 Å². The number of piperidine rings is 1. The second-order valence-electron chi connectivity index (χ2n) is 6.81. The van der Waals surface area contributed by atoms with Gasteiger partial charge in [0.2, 0.25) is 5.91 Å². The fourth-order valence-electron chi connectivity index (χ4n) is 4.20. The Labute approximate surface area is 146 Å². The molecule has 1 amide bonds. The van der Waals surface area contributed by atoms with Gasteiger partial charge < -0.3 is 4.90 Å². The molecule has 2 atom stereocenters. The minimum Gasteiger partial charge on any atom is -0.339 e. The highest BCUT2D eigenvalue weighted by molar-refractivity contribution is 8.00. The van der Waals surface area contributed by atoms with Crippen molar-refractivity contribution in [2.24, 2.45) is 13.0 Å². The number of fused-ring (bicyclic) bond motifs is 2. The number of likely N-dealkylation sites (tertiary alicyclic amines) is 1. The Morgan fingerprint density at radius 1 is 1.25 bits per heavy atom. The first-order valence-electron chi connectivity index (χ1n) is 8.79. The number of hydrogen-bond donors (Lipinski definition) is 0. The van der Waals surface area contributed by atoms with Crippen LogP contribution in [-0.4, -0.2) is 48.9 Å². The molecule has 7 heteroatoms. The summed E-state index contributed by atoms with van der Waals surface area (Å²) in [7, 11) is 1.87. The Morgan fingerprint density at radius 2 is 2.08 bits per heavy atom. The lowest BCUT2D eigenvalue weighted by molar-refractivity contribution is -0.134. The van der Waals surface area contributed by atoms with Crippen molar-refractivity contribution in [1.82, 2.24) is 24.6 Å². The number of nitrogens with zero attached hydrogens (tertiary/aromatic N) is 5. The van der Waals surface area contributed by atoms with Crippen LogP contribution in [0.1, 0.15) is 38.5 Å². The molecular formula is C17H23N5OS. The summed E-state index contributed by atoms with van der Waals surface area (Å²) in [6.45, 7) is 0.923. The first-order chi connectivity index (χ1) is 11.7. The van der Waals surface area contributed by atoms with Crippen LogP contribution in [0.2, 0.25) is 0 Å². The fraction of sp³-hybridized carbons (Fsp3) is 0.647. The number of carbonyl (C=O) groups excluding carboxylic acids is 1. The Balaban J connectivity index is 1.45. The molecule has 4 rings (SSSR count). The van der Waals surface area contributed by atoms with Crippen LogP contribution in [0, 0.1) is 5.92 Å². The number of amides is 1. The van der Waals surface area contributed by atoms with Gasteiger partial charge in [-0.3, -0.25) is 9.48 Å². The molecule has 6 nitrogen and oxygen atoms in total. The average molecular weight is 345 g/mol. The maximum Gasteiger partial charge on any atom is 0.233 e. The topological polar surface area (TPSA) is 63.9 Å². The summed E-state index contributed by atoms with van der Waals surface area (Å²) >= 11 is 1.51. The van der Waals surface area contributed by atoms with Crippen molar-refractivity contribution >= 4 is 28.7 Å². The molecule has 1 saturated heterocycles. The van der Waals surface area contributed by atoms with Crippen LogP contribution in [0.4, 0.5) is 0 Å². The lowest BCUT2D eigenvalue weighted by Crippen LogP contribution is -2.50. The monoisotopic (exact) mass is 345 g/mol. The third-order valence-corrected chi connectivity index (χ3v) is 6.38. The van der Waals surface area contributed by atoms with Crippen molar-refractivity contribution in [2.75, 3.05) is 12.3 Å². The Bertz CT molecular complexity index is 744. The Morgan fingerprint density at radius 3 is 3.00 bits per heavy atom. The van der Waals surface area contributed by atoms with E-state index in [-0.39, 0.29) is 5.91 Å². The maximum atomic E-state index is 12.8. The van der Waals surface area contributed by atoms with Gasteiger partial charge in [0.1, 0.15) is 11.4 Å². The molecule has 24 heavy (non-hydrogen) atoms. The minimum absolute atomic E-state index is 0.257. The van der Waals surface area contributed by atoms with Gasteiger partial charge in [-0.25, -0.2) is 9.97 Å². The molecule has 0 bridgehead atoms. The summed E-state index contributed by atoms with van der Waals surface area (Å²) < 4.78 is 1.74. The van der Waals surface area contributed by atoms with Gasteiger partial charge in [0.25, 0.3) is 0 Å². The highest BCUT2D eigenvalue weighted by Crippen LogP contribution is 2.36. The second-order valence-corrected chi connectivity index (χ2v) is 7.78. The van der Waals surface area contributed by atoms with Gasteiger partial charge >= 0.3 is 0 Å². The lowest BCUT2D eigenvalue weighted by atomic mass is 9.78. The first kappa shape index (κ1) is 15.9. The van der Waals surface area contributed by atoms with Crippen LogP contribution < -0.4 is 0 Å². The van der Waals surface area contributed by atoms with Crippen LogP contribution in [-0.2, 0) is 11.8 Å². The van der Waals surface area contributed by atoms with Crippen LogP contribution in [0.25, 0.3) is 11.0 Å². The zero-order chi connectivity index (χ0) is 16.5. The van der Waals surface area contributed by atoms with Gasteiger partial charge in [0.15, 0.2) is 5.65 Å². The zero-order valence-electron chi connectivity index (χ0n) is 14.0. The van der Waals surface area contributed by atoms with E-state index in [9.17, 15) is 4.79 Å². The molecule has 0 N–H and O–H groups in total. The summed E-state index contributed by atoms with van der Waals surface area (Å²) in [6.07, 6.45) is 10.8. The molecule has 2 fully saturated rings. The SMILES string of the molecule is Cn1ncc2c(SCC(=O)N3CCCC4CCCCC43)ncnc21. The van der Waals surface area contributed by atoms with E-state index in [2.05, 4.69) is 20.0 Å². The first-order valence-corrected chi connectivity index (χ1v) is 9.77. The molecular weight excluding hydrogens is 322 g/mol. The highest BCUT2D eigenvalue weighted by Gasteiger charge is 2.35. The molecule has 128 valence electrons. The van der Waals surface area contributed by atoms with Crippen molar-refractivity contribution < 1.29 is 4.79 Å². The number of carbonyl (C=O) groups is 1. The number of thioether (sulfide) groups is 1. The van der Waals surface area contributed by atoms with Crippen LogP contribution >= 0.6 is 11.8 Å². The lowest BCUT2D eigenvalue weighted by Gasteiger charge is -2.44. The molecule has 0 radical (unpaired) electrons. The quantitative estimate of drug-likeness (QED) is 0.632. The van der Waals surface area contributed by atoms with E-state index in [1.165, 1.54) is 43.9 Å². The summed E-state index contributed by atoms with van der Waals surface area (Å²) in [6, 6.07) is 0.476. The molecule has 1 aliphatic heterocycles. The van der Waals surface area contributed by atoms with E-state index in [1.54, 1.807) is 17.2 Å². The molecule has 2 aromatic rings. The van der Waals surface area contributed by atoms with Crippen molar-refractivity contribution in [3.8, 4) is 0 Å². The van der Waals surface area contributed by atoms with E-state index in [1.807, 2.05) is 7.05 Å². The van der Waals surface area contributed by atoms with Crippen LogP contribution in [0.5, 0.6) is 0 Å². The average Bonchev–Trinajstić information content (AvgIpc) is 3.01. The van der Waals surface area contributed by atoms with Crippen LogP contribution in [0.15, 0.2) is 17.6 Å². The predicted octanol–water partition coefficient (Wildman–Crippen LogP) is 2.64. The second kappa shape index (κ2) is 6.70. The van der Waals surface area contributed by atoms with Crippen molar-refractivity contribution in [2.45, 2.75) is 49.6 Å². The Kier molecular flexibility index (Phi) is 4.43. The van der Waals surface area contributed by atoms with Crippen molar-refractivity contribution in [3.05, 3.63) is 12.5 Å². The van der Waals surface area contributed by atoms with Crippen LogP contribution in [0.3, 0.4) is 0 Å². The zero-order valence-corrected chi connectivity index (χ0v) is 14.8. The van der Waals surface area contributed by atoms with E-state index in [0.29, 0.717) is 11.8 Å². The van der Waals surface area contributed by atoms with Gasteiger partial charge in [-0.05, 0) is 31.6 Å².